The number of hydrogen-bond donors (Lipinski definition) is 3. The van der Waals surface area contributed by atoms with Crippen LogP contribution in [0.2, 0.25) is 0 Å². The number of carbonyl (C=O) groups is 2. The summed E-state index contributed by atoms with van der Waals surface area (Å²) in [7, 11) is 0. The van der Waals surface area contributed by atoms with E-state index in [2.05, 4.69) is 5.32 Å². The van der Waals surface area contributed by atoms with Gasteiger partial charge < -0.3 is 15.7 Å². The van der Waals surface area contributed by atoms with Gasteiger partial charge in [0, 0.05) is 13.0 Å². The molecule has 134 valence electrons. The van der Waals surface area contributed by atoms with Gasteiger partial charge in [-0.1, -0.05) is 42.5 Å². The zero-order chi connectivity index (χ0) is 18.4. The standard InChI is InChI=1S/C17H17F3N2O3/c18-17(19,20)15(22-16(25)21-10-4-9-14(23)24)13-8-3-6-11-5-1-2-7-12(11)13/h1-3,5-8,15H,4,9-10H2,(H,23,24)(H2,21,22,25). The summed E-state index contributed by atoms with van der Waals surface area (Å²) in [6.07, 6.45) is -4.72. The first kappa shape index (κ1) is 18.6. The number of amides is 2. The van der Waals surface area contributed by atoms with Gasteiger partial charge in [0.15, 0.2) is 6.04 Å². The maximum atomic E-state index is 13.5. The van der Waals surface area contributed by atoms with E-state index < -0.39 is 24.2 Å². The van der Waals surface area contributed by atoms with Crippen molar-refractivity contribution in [3.63, 3.8) is 0 Å². The van der Waals surface area contributed by atoms with Gasteiger partial charge in [0.25, 0.3) is 0 Å². The molecule has 2 aromatic rings. The van der Waals surface area contributed by atoms with Crippen molar-refractivity contribution in [2.24, 2.45) is 0 Å². The summed E-state index contributed by atoms with van der Waals surface area (Å²) in [6, 6.07) is 7.96. The van der Waals surface area contributed by atoms with Gasteiger partial charge in [0.05, 0.1) is 0 Å². The van der Waals surface area contributed by atoms with Gasteiger partial charge in [-0.25, -0.2) is 4.79 Å². The van der Waals surface area contributed by atoms with Crippen LogP contribution >= 0.6 is 0 Å². The molecule has 3 N–H and O–H groups in total. The number of fused-ring (bicyclic) bond motifs is 1. The van der Waals surface area contributed by atoms with Crippen LogP contribution in [0.4, 0.5) is 18.0 Å². The van der Waals surface area contributed by atoms with Crippen molar-refractivity contribution in [2.75, 3.05) is 6.54 Å². The molecule has 0 aliphatic carbocycles. The molecule has 0 radical (unpaired) electrons. The van der Waals surface area contributed by atoms with Gasteiger partial charge in [-0.15, -0.1) is 0 Å². The average molecular weight is 354 g/mol. The fourth-order valence-corrected chi connectivity index (χ4v) is 2.46. The van der Waals surface area contributed by atoms with Crippen molar-refractivity contribution >= 4 is 22.8 Å². The molecule has 2 aromatic carbocycles. The highest BCUT2D eigenvalue weighted by Gasteiger charge is 2.42. The van der Waals surface area contributed by atoms with Gasteiger partial charge in [0.1, 0.15) is 0 Å². The number of carboxylic acid groups (broad SMARTS) is 1. The summed E-state index contributed by atoms with van der Waals surface area (Å²) in [5.74, 6) is -1.04. The Kier molecular flexibility index (Phi) is 5.84. The largest absolute Gasteiger partial charge is 0.481 e. The van der Waals surface area contributed by atoms with E-state index in [-0.39, 0.29) is 24.9 Å². The van der Waals surface area contributed by atoms with Gasteiger partial charge in [-0.05, 0) is 22.8 Å². The summed E-state index contributed by atoms with van der Waals surface area (Å²) >= 11 is 0. The fourth-order valence-electron chi connectivity index (χ4n) is 2.46. The van der Waals surface area contributed by atoms with E-state index in [1.165, 1.54) is 12.1 Å². The Labute approximate surface area is 141 Å². The molecule has 8 heteroatoms. The minimum Gasteiger partial charge on any atom is -0.481 e. The highest BCUT2D eigenvalue weighted by atomic mass is 19.4. The van der Waals surface area contributed by atoms with Crippen LogP contribution in [0, 0.1) is 0 Å². The third-order valence-electron chi connectivity index (χ3n) is 3.59. The third kappa shape index (κ3) is 5.10. The second-order valence-electron chi connectivity index (χ2n) is 5.44. The Morgan fingerprint density at radius 3 is 2.44 bits per heavy atom. The Morgan fingerprint density at radius 2 is 1.76 bits per heavy atom. The van der Waals surface area contributed by atoms with E-state index >= 15 is 0 Å². The smallest absolute Gasteiger partial charge is 0.412 e. The van der Waals surface area contributed by atoms with Crippen LogP contribution in [-0.4, -0.2) is 29.8 Å². The zero-order valence-corrected chi connectivity index (χ0v) is 13.1. The Balaban J connectivity index is 2.17. The molecule has 2 amide bonds. The molecule has 0 aliphatic rings. The number of alkyl halides is 3. The van der Waals surface area contributed by atoms with E-state index in [1.807, 2.05) is 5.32 Å². The Morgan fingerprint density at radius 1 is 1.08 bits per heavy atom. The second kappa shape index (κ2) is 7.87. The molecular weight excluding hydrogens is 337 g/mol. The topological polar surface area (TPSA) is 78.4 Å². The molecule has 2 rings (SSSR count). The number of rotatable bonds is 6. The van der Waals surface area contributed by atoms with Crippen molar-refractivity contribution in [1.82, 2.24) is 10.6 Å². The van der Waals surface area contributed by atoms with Gasteiger partial charge >= 0.3 is 18.2 Å². The Bertz CT molecular complexity index is 757. The van der Waals surface area contributed by atoms with E-state index in [0.29, 0.717) is 10.8 Å². The van der Waals surface area contributed by atoms with Gasteiger partial charge in [0.2, 0.25) is 0 Å². The van der Waals surface area contributed by atoms with Crippen LogP contribution in [0.25, 0.3) is 10.8 Å². The number of halogens is 3. The van der Waals surface area contributed by atoms with Crippen LogP contribution < -0.4 is 10.6 Å². The lowest BCUT2D eigenvalue weighted by Gasteiger charge is -2.23. The second-order valence-corrected chi connectivity index (χ2v) is 5.44. The lowest BCUT2D eigenvalue weighted by atomic mass is 9.98. The maximum absolute atomic E-state index is 13.5. The van der Waals surface area contributed by atoms with E-state index in [9.17, 15) is 22.8 Å². The molecule has 0 fully saturated rings. The number of hydrogen-bond acceptors (Lipinski definition) is 2. The van der Waals surface area contributed by atoms with E-state index in [1.54, 1.807) is 30.3 Å². The molecular formula is C17H17F3N2O3. The van der Waals surface area contributed by atoms with Crippen LogP contribution in [-0.2, 0) is 4.79 Å². The molecule has 1 atom stereocenters. The van der Waals surface area contributed by atoms with Gasteiger partial charge in [-0.3, -0.25) is 4.79 Å². The monoisotopic (exact) mass is 354 g/mol. The molecule has 5 nitrogen and oxygen atoms in total. The first-order chi connectivity index (χ1) is 11.8. The van der Waals surface area contributed by atoms with Gasteiger partial charge in [-0.2, -0.15) is 13.2 Å². The average Bonchev–Trinajstić information content (AvgIpc) is 2.55. The molecule has 0 bridgehead atoms. The summed E-state index contributed by atoms with van der Waals surface area (Å²) in [6.45, 7) is -0.0295. The molecule has 0 aliphatic heterocycles. The summed E-state index contributed by atoms with van der Waals surface area (Å²) in [4.78, 5) is 22.2. The van der Waals surface area contributed by atoms with Crippen molar-refractivity contribution in [3.05, 3.63) is 48.0 Å². The van der Waals surface area contributed by atoms with Crippen molar-refractivity contribution in [2.45, 2.75) is 25.1 Å². The van der Waals surface area contributed by atoms with Crippen molar-refractivity contribution in [3.8, 4) is 0 Å². The molecule has 25 heavy (non-hydrogen) atoms. The van der Waals surface area contributed by atoms with E-state index in [0.717, 1.165) is 0 Å². The lowest BCUT2D eigenvalue weighted by molar-refractivity contribution is -0.154. The summed E-state index contributed by atoms with van der Waals surface area (Å²) in [5.41, 5.74) is -0.0497. The molecule has 0 aromatic heterocycles. The number of benzene rings is 2. The number of urea groups is 1. The number of nitrogens with one attached hydrogen (secondary N) is 2. The van der Waals surface area contributed by atoms with Crippen LogP contribution in [0.5, 0.6) is 0 Å². The lowest BCUT2D eigenvalue weighted by Crippen LogP contribution is -2.44. The molecule has 0 saturated carbocycles. The van der Waals surface area contributed by atoms with Crippen molar-refractivity contribution < 1.29 is 27.9 Å². The minimum atomic E-state index is -4.68. The van der Waals surface area contributed by atoms with Crippen LogP contribution in [0.1, 0.15) is 24.4 Å². The molecule has 0 spiro atoms. The summed E-state index contributed by atoms with van der Waals surface area (Å²) < 4.78 is 40.4. The first-order valence-electron chi connectivity index (χ1n) is 7.59. The van der Waals surface area contributed by atoms with Crippen LogP contribution in [0.15, 0.2) is 42.5 Å². The predicted molar refractivity (Wildman–Crippen MR) is 86.1 cm³/mol. The minimum absolute atomic E-state index is 0.0295. The van der Waals surface area contributed by atoms with E-state index in [4.69, 9.17) is 5.11 Å². The predicted octanol–water partition coefficient (Wildman–Crippen LogP) is 3.61. The van der Waals surface area contributed by atoms with Crippen molar-refractivity contribution in [1.29, 1.82) is 0 Å². The number of aliphatic carboxylic acids is 1. The van der Waals surface area contributed by atoms with Crippen LogP contribution in [0.3, 0.4) is 0 Å². The fraction of sp³-hybridized carbons (Fsp3) is 0.294. The Hall–Kier alpha value is -2.77. The summed E-state index contributed by atoms with van der Waals surface area (Å²) in [5, 5.41) is 13.7. The first-order valence-corrected chi connectivity index (χ1v) is 7.59. The normalized spacial score (nSPS) is 12.6. The zero-order valence-electron chi connectivity index (χ0n) is 13.1. The molecule has 1 unspecified atom stereocenters. The quantitative estimate of drug-likeness (QED) is 0.694. The number of carboxylic acids is 1. The SMILES string of the molecule is O=C(O)CCCNC(=O)NC(c1cccc2ccccc12)C(F)(F)F. The maximum Gasteiger partial charge on any atom is 0.412 e. The highest BCUT2D eigenvalue weighted by Crippen LogP contribution is 2.36. The third-order valence-corrected chi connectivity index (χ3v) is 3.59. The molecule has 0 heterocycles. The highest BCUT2D eigenvalue weighted by molar-refractivity contribution is 5.87. The molecule has 0 saturated heterocycles. The number of carbonyl (C=O) groups excluding carboxylic acids is 1.